The van der Waals surface area contributed by atoms with Crippen LogP contribution in [0.3, 0.4) is 0 Å². The molecule has 140 valence electrons. The summed E-state index contributed by atoms with van der Waals surface area (Å²) < 4.78 is 7.12. The first-order valence-corrected chi connectivity index (χ1v) is 9.28. The molecule has 1 aliphatic heterocycles. The van der Waals surface area contributed by atoms with Crippen LogP contribution in [-0.2, 0) is 17.6 Å². The third-order valence-electron chi connectivity index (χ3n) is 5.07. The quantitative estimate of drug-likeness (QED) is 0.752. The molecule has 1 amide bonds. The highest BCUT2D eigenvalue weighted by Crippen LogP contribution is 2.16. The van der Waals surface area contributed by atoms with Crippen molar-refractivity contribution in [1.82, 2.24) is 19.8 Å². The van der Waals surface area contributed by atoms with E-state index in [1.807, 2.05) is 45.9 Å². The number of benzene rings is 1. The molecule has 4 rings (SSSR count). The number of nitrogens with one attached hydrogen (secondary N) is 1. The average Bonchev–Trinajstić information content (AvgIpc) is 3.11. The van der Waals surface area contributed by atoms with E-state index in [9.17, 15) is 4.79 Å². The molecule has 1 atom stereocenters. The maximum absolute atomic E-state index is 12.8. The monoisotopic (exact) mass is 364 g/mol. The van der Waals surface area contributed by atoms with Gasteiger partial charge in [-0.05, 0) is 36.2 Å². The van der Waals surface area contributed by atoms with Gasteiger partial charge >= 0.3 is 0 Å². The van der Waals surface area contributed by atoms with Gasteiger partial charge < -0.3 is 15.0 Å². The van der Waals surface area contributed by atoms with E-state index >= 15 is 0 Å². The van der Waals surface area contributed by atoms with Crippen molar-refractivity contribution in [2.45, 2.75) is 18.9 Å². The number of ether oxygens (including phenoxy) is 1. The maximum Gasteiger partial charge on any atom is 0.227 e. The van der Waals surface area contributed by atoms with Crippen molar-refractivity contribution in [3.8, 4) is 5.75 Å². The number of aromatic nitrogens is 2. The molecule has 1 saturated heterocycles. The number of methoxy groups -OCH3 is 1. The van der Waals surface area contributed by atoms with E-state index in [-0.39, 0.29) is 11.9 Å². The van der Waals surface area contributed by atoms with Crippen LogP contribution in [0.4, 0.5) is 0 Å². The Morgan fingerprint density at radius 2 is 2.22 bits per heavy atom. The van der Waals surface area contributed by atoms with E-state index in [2.05, 4.69) is 22.5 Å². The van der Waals surface area contributed by atoms with Crippen LogP contribution in [0.5, 0.6) is 5.75 Å². The molecule has 3 aromatic rings. The van der Waals surface area contributed by atoms with Crippen molar-refractivity contribution in [3.63, 3.8) is 0 Å². The molecule has 1 fully saturated rings. The Hall–Kier alpha value is -2.86. The molecule has 1 unspecified atom stereocenters. The second-order valence-electron chi connectivity index (χ2n) is 6.92. The Kier molecular flexibility index (Phi) is 5.07. The largest absolute Gasteiger partial charge is 0.497 e. The minimum absolute atomic E-state index is 0.158. The molecule has 3 heterocycles. The number of piperazine rings is 1. The molecule has 0 radical (unpaired) electrons. The lowest BCUT2D eigenvalue weighted by Crippen LogP contribution is -2.53. The topological polar surface area (TPSA) is 58.9 Å². The highest BCUT2D eigenvalue weighted by molar-refractivity contribution is 5.81. The van der Waals surface area contributed by atoms with Crippen molar-refractivity contribution in [2.75, 3.05) is 26.7 Å². The molecule has 6 nitrogen and oxygen atoms in total. The van der Waals surface area contributed by atoms with Crippen LogP contribution in [0.15, 0.2) is 54.9 Å². The lowest BCUT2D eigenvalue weighted by atomic mass is 10.0. The molecular weight excluding hydrogens is 340 g/mol. The Balaban J connectivity index is 1.40. The average molecular weight is 364 g/mol. The normalized spacial score (nSPS) is 17.2. The predicted molar refractivity (Wildman–Crippen MR) is 104 cm³/mol. The van der Waals surface area contributed by atoms with Gasteiger partial charge in [0.1, 0.15) is 5.75 Å². The van der Waals surface area contributed by atoms with Crippen LogP contribution >= 0.6 is 0 Å². The first-order chi connectivity index (χ1) is 13.2. The molecule has 27 heavy (non-hydrogen) atoms. The fraction of sp³-hybridized carbons (Fsp3) is 0.333. The molecule has 2 aromatic heterocycles. The van der Waals surface area contributed by atoms with Gasteiger partial charge in [-0.1, -0.05) is 18.2 Å². The number of rotatable bonds is 5. The lowest BCUT2D eigenvalue weighted by molar-refractivity contribution is -0.131. The third-order valence-corrected chi connectivity index (χ3v) is 5.07. The summed E-state index contributed by atoms with van der Waals surface area (Å²) in [6, 6.07) is 14.3. The standard InChI is InChI=1S/C21H24N4O2/c1-27-19-6-4-5-16(12-19)11-18-15-24(10-8-22-18)21(26)13-17-14-23-25-9-3-2-7-20(17)25/h2-7,9,12,14,18,22H,8,10-11,13,15H2,1H3. The molecule has 1 N–H and O–H groups in total. The summed E-state index contributed by atoms with van der Waals surface area (Å²) in [7, 11) is 1.68. The Bertz CT molecular complexity index is 937. The summed E-state index contributed by atoms with van der Waals surface area (Å²) in [5.41, 5.74) is 3.18. The summed E-state index contributed by atoms with van der Waals surface area (Å²) in [4.78, 5) is 14.8. The highest BCUT2D eigenvalue weighted by Gasteiger charge is 2.24. The predicted octanol–water partition coefficient (Wildman–Crippen LogP) is 1.93. The van der Waals surface area contributed by atoms with E-state index in [1.54, 1.807) is 13.3 Å². The van der Waals surface area contributed by atoms with Gasteiger partial charge in [0.05, 0.1) is 25.2 Å². The number of hydrogen-bond acceptors (Lipinski definition) is 4. The Labute approximate surface area is 158 Å². The number of carbonyl (C=O) groups is 1. The maximum atomic E-state index is 12.8. The number of carbonyl (C=O) groups excluding carboxylic acids is 1. The van der Waals surface area contributed by atoms with Crippen LogP contribution in [0.2, 0.25) is 0 Å². The fourth-order valence-corrected chi connectivity index (χ4v) is 3.67. The van der Waals surface area contributed by atoms with E-state index in [1.165, 1.54) is 5.56 Å². The van der Waals surface area contributed by atoms with E-state index < -0.39 is 0 Å². The molecular formula is C21H24N4O2. The highest BCUT2D eigenvalue weighted by atomic mass is 16.5. The molecule has 1 aromatic carbocycles. The fourth-order valence-electron chi connectivity index (χ4n) is 3.67. The summed E-state index contributed by atoms with van der Waals surface area (Å²) in [6.45, 7) is 2.27. The van der Waals surface area contributed by atoms with Gasteiger partial charge in [0, 0.05) is 37.4 Å². The minimum Gasteiger partial charge on any atom is -0.497 e. The van der Waals surface area contributed by atoms with Gasteiger partial charge in [0.25, 0.3) is 0 Å². The second-order valence-corrected chi connectivity index (χ2v) is 6.92. The summed E-state index contributed by atoms with van der Waals surface area (Å²) >= 11 is 0. The first-order valence-electron chi connectivity index (χ1n) is 9.28. The van der Waals surface area contributed by atoms with Gasteiger partial charge in [-0.25, -0.2) is 4.52 Å². The smallest absolute Gasteiger partial charge is 0.227 e. The van der Waals surface area contributed by atoms with Gasteiger partial charge in [0.15, 0.2) is 0 Å². The van der Waals surface area contributed by atoms with Crippen LogP contribution in [0.25, 0.3) is 5.52 Å². The Morgan fingerprint density at radius 3 is 3.11 bits per heavy atom. The number of hydrogen-bond donors (Lipinski definition) is 1. The van der Waals surface area contributed by atoms with Crippen molar-refractivity contribution >= 4 is 11.4 Å². The van der Waals surface area contributed by atoms with Crippen molar-refractivity contribution in [1.29, 1.82) is 0 Å². The second kappa shape index (κ2) is 7.80. The number of nitrogens with zero attached hydrogens (tertiary/aromatic N) is 3. The molecule has 0 spiro atoms. The van der Waals surface area contributed by atoms with Gasteiger partial charge in [-0.15, -0.1) is 0 Å². The zero-order valence-corrected chi connectivity index (χ0v) is 15.5. The van der Waals surface area contributed by atoms with Crippen molar-refractivity contribution < 1.29 is 9.53 Å². The van der Waals surface area contributed by atoms with Crippen molar-refractivity contribution in [3.05, 3.63) is 66.0 Å². The minimum atomic E-state index is 0.158. The van der Waals surface area contributed by atoms with Crippen LogP contribution in [0.1, 0.15) is 11.1 Å². The first kappa shape index (κ1) is 17.5. The summed E-state index contributed by atoms with van der Waals surface area (Å²) in [6.07, 6.45) is 4.96. The lowest BCUT2D eigenvalue weighted by Gasteiger charge is -2.34. The molecule has 0 saturated carbocycles. The zero-order valence-electron chi connectivity index (χ0n) is 15.5. The molecule has 1 aliphatic rings. The summed E-state index contributed by atoms with van der Waals surface area (Å²) in [5.74, 6) is 1.02. The van der Waals surface area contributed by atoms with Gasteiger partial charge in [-0.3, -0.25) is 4.79 Å². The number of fused-ring (bicyclic) bond motifs is 1. The van der Waals surface area contributed by atoms with Gasteiger partial charge in [-0.2, -0.15) is 5.10 Å². The molecule has 6 heteroatoms. The number of pyridine rings is 1. The van der Waals surface area contributed by atoms with Crippen LogP contribution in [-0.4, -0.2) is 53.2 Å². The summed E-state index contributed by atoms with van der Waals surface area (Å²) in [5, 5.41) is 7.85. The van der Waals surface area contributed by atoms with Crippen molar-refractivity contribution in [2.24, 2.45) is 0 Å². The Morgan fingerprint density at radius 1 is 1.30 bits per heavy atom. The number of amides is 1. The van der Waals surface area contributed by atoms with Crippen LogP contribution in [0, 0.1) is 0 Å². The van der Waals surface area contributed by atoms with Gasteiger partial charge in [0.2, 0.25) is 5.91 Å². The molecule has 0 aliphatic carbocycles. The van der Waals surface area contributed by atoms with E-state index in [4.69, 9.17) is 4.74 Å². The van der Waals surface area contributed by atoms with Crippen LogP contribution < -0.4 is 10.1 Å². The van der Waals surface area contributed by atoms with E-state index in [0.717, 1.165) is 42.9 Å². The van der Waals surface area contributed by atoms with E-state index in [0.29, 0.717) is 6.42 Å². The molecule has 0 bridgehead atoms. The third kappa shape index (κ3) is 3.95. The SMILES string of the molecule is COc1cccc(CC2CN(C(=O)Cc3cnn4ccccc34)CCN2)c1. The zero-order chi connectivity index (χ0) is 18.6.